The first kappa shape index (κ1) is 14.2. The second kappa shape index (κ2) is 5.33. The van der Waals surface area contributed by atoms with Crippen molar-refractivity contribution in [2.45, 2.75) is 38.6 Å². The highest BCUT2D eigenvalue weighted by molar-refractivity contribution is 5.94. The van der Waals surface area contributed by atoms with E-state index in [1.807, 2.05) is 7.05 Å². The molecular formula is C16H19N5O2. The minimum absolute atomic E-state index is 0.0305. The van der Waals surface area contributed by atoms with Crippen molar-refractivity contribution in [2.75, 3.05) is 6.54 Å². The van der Waals surface area contributed by atoms with Gasteiger partial charge in [-0.15, -0.1) is 0 Å². The zero-order valence-corrected chi connectivity index (χ0v) is 13.1. The number of fused-ring (bicyclic) bond motifs is 2. The summed E-state index contributed by atoms with van der Waals surface area (Å²) in [6.07, 6.45) is 6.14. The average molecular weight is 313 g/mol. The van der Waals surface area contributed by atoms with Gasteiger partial charge < -0.3 is 9.88 Å². The Hall–Kier alpha value is -2.44. The first-order chi connectivity index (χ1) is 11.1. The number of aromatic amines is 1. The summed E-state index contributed by atoms with van der Waals surface area (Å²) in [5.41, 5.74) is 4.07. The van der Waals surface area contributed by atoms with Crippen LogP contribution in [0.25, 0.3) is 0 Å². The number of carbonyl (C=O) groups excluding carboxylic acids is 1. The Kier molecular flexibility index (Phi) is 3.28. The van der Waals surface area contributed by atoms with Gasteiger partial charge in [0.2, 0.25) is 0 Å². The van der Waals surface area contributed by atoms with Gasteiger partial charge in [0.25, 0.3) is 11.5 Å². The number of amides is 1. The molecule has 7 heteroatoms. The van der Waals surface area contributed by atoms with E-state index in [1.165, 1.54) is 6.33 Å². The molecule has 0 bridgehead atoms. The number of H-pyrrole nitrogens is 1. The molecule has 4 rings (SSSR count). The predicted molar refractivity (Wildman–Crippen MR) is 83.2 cm³/mol. The minimum Gasteiger partial charge on any atom is -0.332 e. The van der Waals surface area contributed by atoms with Gasteiger partial charge in [-0.25, -0.2) is 4.98 Å². The lowest BCUT2D eigenvalue weighted by Crippen LogP contribution is -2.40. The Balaban J connectivity index is 1.68. The molecule has 0 fully saturated rings. The van der Waals surface area contributed by atoms with E-state index in [1.54, 1.807) is 9.58 Å². The summed E-state index contributed by atoms with van der Waals surface area (Å²) in [5.74, 6) is -0.0305. The predicted octanol–water partition coefficient (Wildman–Crippen LogP) is 0.581. The number of nitrogens with one attached hydrogen (secondary N) is 1. The van der Waals surface area contributed by atoms with Crippen LogP contribution in [0.2, 0.25) is 0 Å². The third-order valence-electron chi connectivity index (χ3n) is 4.81. The third-order valence-corrected chi connectivity index (χ3v) is 4.81. The van der Waals surface area contributed by atoms with Gasteiger partial charge in [-0.2, -0.15) is 5.10 Å². The van der Waals surface area contributed by atoms with Crippen molar-refractivity contribution in [3.05, 3.63) is 44.9 Å². The molecule has 0 aromatic carbocycles. The van der Waals surface area contributed by atoms with Crippen LogP contribution in [0.1, 0.15) is 45.8 Å². The van der Waals surface area contributed by atoms with Gasteiger partial charge in [-0.1, -0.05) is 0 Å². The van der Waals surface area contributed by atoms with Crippen molar-refractivity contribution in [3.8, 4) is 0 Å². The van der Waals surface area contributed by atoms with Crippen molar-refractivity contribution in [3.63, 3.8) is 0 Å². The minimum atomic E-state index is -0.153. The van der Waals surface area contributed by atoms with Gasteiger partial charge in [0.15, 0.2) is 0 Å². The first-order valence-corrected chi connectivity index (χ1v) is 8.04. The van der Waals surface area contributed by atoms with E-state index >= 15 is 0 Å². The maximum Gasteiger partial charge on any atom is 0.272 e. The van der Waals surface area contributed by atoms with Crippen molar-refractivity contribution < 1.29 is 4.79 Å². The van der Waals surface area contributed by atoms with Crippen LogP contribution in [0.4, 0.5) is 0 Å². The Morgan fingerprint density at radius 3 is 2.87 bits per heavy atom. The standard InChI is InChI=1S/C16H19N5O2/c1-20-14(10-4-2-3-5-13(10)19-20)16(23)21-7-6-12-11(8-21)15(22)18-9-17-12/h9H,2-8H2,1H3,(H,17,18,22). The summed E-state index contributed by atoms with van der Waals surface area (Å²) in [7, 11) is 1.83. The van der Waals surface area contributed by atoms with Crippen LogP contribution in [-0.2, 0) is 32.9 Å². The van der Waals surface area contributed by atoms with Crippen LogP contribution in [-0.4, -0.2) is 37.1 Å². The second-order valence-electron chi connectivity index (χ2n) is 6.24. The van der Waals surface area contributed by atoms with Crippen molar-refractivity contribution >= 4 is 5.91 Å². The largest absolute Gasteiger partial charge is 0.332 e. The SMILES string of the molecule is Cn1nc2c(c1C(=O)N1CCc3nc[nH]c(=O)c3C1)CCCC2. The van der Waals surface area contributed by atoms with Gasteiger partial charge in [0, 0.05) is 25.6 Å². The summed E-state index contributed by atoms with van der Waals surface area (Å²) in [5, 5.41) is 4.52. The van der Waals surface area contributed by atoms with E-state index in [9.17, 15) is 9.59 Å². The molecule has 2 aromatic heterocycles. The van der Waals surface area contributed by atoms with Gasteiger partial charge in [-0.05, 0) is 25.7 Å². The highest BCUT2D eigenvalue weighted by Crippen LogP contribution is 2.25. The molecule has 2 aromatic rings. The molecule has 0 atom stereocenters. The fourth-order valence-corrected chi connectivity index (χ4v) is 3.63. The molecule has 0 saturated heterocycles. The van der Waals surface area contributed by atoms with E-state index < -0.39 is 0 Å². The van der Waals surface area contributed by atoms with E-state index in [4.69, 9.17) is 0 Å². The normalized spacial score (nSPS) is 16.8. The summed E-state index contributed by atoms with van der Waals surface area (Å²) < 4.78 is 1.71. The van der Waals surface area contributed by atoms with E-state index in [-0.39, 0.29) is 11.5 Å². The quantitative estimate of drug-likeness (QED) is 0.835. The molecule has 0 spiro atoms. The second-order valence-corrected chi connectivity index (χ2v) is 6.24. The fraction of sp³-hybridized carbons (Fsp3) is 0.500. The molecule has 120 valence electrons. The number of carbonyl (C=O) groups is 1. The number of hydrogen-bond donors (Lipinski definition) is 1. The lowest BCUT2D eigenvalue weighted by Gasteiger charge is -2.28. The molecule has 23 heavy (non-hydrogen) atoms. The van der Waals surface area contributed by atoms with E-state index in [0.29, 0.717) is 30.8 Å². The summed E-state index contributed by atoms with van der Waals surface area (Å²) >= 11 is 0. The van der Waals surface area contributed by atoms with Crippen molar-refractivity contribution in [1.29, 1.82) is 0 Å². The number of aromatic nitrogens is 4. The van der Waals surface area contributed by atoms with E-state index in [0.717, 1.165) is 42.6 Å². The van der Waals surface area contributed by atoms with Crippen LogP contribution in [0.3, 0.4) is 0 Å². The van der Waals surface area contributed by atoms with Crippen LogP contribution in [0.5, 0.6) is 0 Å². The lowest BCUT2D eigenvalue weighted by atomic mass is 9.95. The molecule has 2 aliphatic rings. The molecule has 0 unspecified atom stereocenters. The maximum absolute atomic E-state index is 13.0. The number of hydrogen-bond acceptors (Lipinski definition) is 4. The topological polar surface area (TPSA) is 83.9 Å². The van der Waals surface area contributed by atoms with E-state index in [2.05, 4.69) is 15.1 Å². The van der Waals surface area contributed by atoms with Crippen molar-refractivity contribution in [2.24, 2.45) is 7.05 Å². The van der Waals surface area contributed by atoms with Gasteiger partial charge in [-0.3, -0.25) is 14.3 Å². The molecule has 1 amide bonds. The van der Waals surface area contributed by atoms with Gasteiger partial charge in [0.1, 0.15) is 5.69 Å². The highest BCUT2D eigenvalue weighted by atomic mass is 16.2. The Labute approximate surface area is 133 Å². The highest BCUT2D eigenvalue weighted by Gasteiger charge is 2.30. The molecule has 0 radical (unpaired) electrons. The van der Waals surface area contributed by atoms with Crippen LogP contribution in [0.15, 0.2) is 11.1 Å². The zero-order valence-electron chi connectivity index (χ0n) is 13.1. The fourth-order valence-electron chi connectivity index (χ4n) is 3.63. The lowest BCUT2D eigenvalue weighted by molar-refractivity contribution is 0.0720. The maximum atomic E-state index is 13.0. The molecule has 1 aliphatic carbocycles. The van der Waals surface area contributed by atoms with Gasteiger partial charge in [0.05, 0.1) is 29.8 Å². The zero-order chi connectivity index (χ0) is 16.0. The molecule has 3 heterocycles. The van der Waals surface area contributed by atoms with Crippen LogP contribution >= 0.6 is 0 Å². The van der Waals surface area contributed by atoms with Crippen molar-refractivity contribution in [1.82, 2.24) is 24.6 Å². The Morgan fingerprint density at radius 2 is 2.00 bits per heavy atom. The Morgan fingerprint density at radius 1 is 1.17 bits per heavy atom. The first-order valence-electron chi connectivity index (χ1n) is 8.04. The average Bonchev–Trinajstić information content (AvgIpc) is 2.90. The number of nitrogens with zero attached hydrogens (tertiary/aromatic N) is 4. The smallest absolute Gasteiger partial charge is 0.272 e. The summed E-state index contributed by atoms with van der Waals surface area (Å²) in [6.45, 7) is 0.902. The molecule has 1 aliphatic heterocycles. The monoisotopic (exact) mass is 313 g/mol. The third kappa shape index (κ3) is 2.27. The number of rotatable bonds is 1. The number of aryl methyl sites for hydroxylation is 2. The molecule has 7 nitrogen and oxygen atoms in total. The Bertz CT molecular complexity index is 835. The summed E-state index contributed by atoms with van der Waals surface area (Å²) in [4.78, 5) is 33.5. The van der Waals surface area contributed by atoms with Crippen LogP contribution in [0, 0.1) is 0 Å². The van der Waals surface area contributed by atoms with Gasteiger partial charge >= 0.3 is 0 Å². The molecular weight excluding hydrogens is 294 g/mol. The summed E-state index contributed by atoms with van der Waals surface area (Å²) in [6, 6.07) is 0. The van der Waals surface area contributed by atoms with Crippen LogP contribution < -0.4 is 5.56 Å². The molecule has 1 N–H and O–H groups in total. The molecule has 0 saturated carbocycles.